The van der Waals surface area contributed by atoms with Gasteiger partial charge in [0.15, 0.2) is 5.82 Å². The highest BCUT2D eigenvalue weighted by Crippen LogP contribution is 2.40. The highest BCUT2D eigenvalue weighted by Gasteiger charge is 2.27. The summed E-state index contributed by atoms with van der Waals surface area (Å²) in [6, 6.07) is 4.24. The van der Waals surface area contributed by atoms with Gasteiger partial charge < -0.3 is 15.4 Å². The Balaban J connectivity index is 1.66. The summed E-state index contributed by atoms with van der Waals surface area (Å²) in [5.74, 6) is 1.86. The van der Waals surface area contributed by atoms with Gasteiger partial charge in [0.25, 0.3) is 0 Å². The van der Waals surface area contributed by atoms with Crippen molar-refractivity contribution >= 4 is 44.6 Å². The van der Waals surface area contributed by atoms with Gasteiger partial charge in [0, 0.05) is 13.2 Å². The lowest BCUT2D eigenvalue weighted by atomic mass is 9.82. The van der Waals surface area contributed by atoms with Gasteiger partial charge in [-0.3, -0.25) is 4.68 Å². The van der Waals surface area contributed by atoms with E-state index in [-0.39, 0.29) is 22.0 Å². The Morgan fingerprint density at radius 1 is 1.08 bits per heavy atom. The van der Waals surface area contributed by atoms with Crippen molar-refractivity contribution in [3.63, 3.8) is 0 Å². The summed E-state index contributed by atoms with van der Waals surface area (Å²) in [7, 11) is -1.97. The first-order valence-corrected chi connectivity index (χ1v) is 15.0. The Labute approximate surface area is 230 Å². The van der Waals surface area contributed by atoms with Crippen LogP contribution in [0.2, 0.25) is 5.02 Å². The highest BCUT2D eigenvalue weighted by atomic mass is 35.5. The summed E-state index contributed by atoms with van der Waals surface area (Å²) in [4.78, 5) is 8.90. The van der Waals surface area contributed by atoms with Gasteiger partial charge in [-0.25, -0.2) is 13.4 Å². The lowest BCUT2D eigenvalue weighted by molar-refractivity contribution is 0.243. The van der Waals surface area contributed by atoms with Crippen molar-refractivity contribution in [1.82, 2.24) is 19.7 Å². The molecule has 1 fully saturated rings. The van der Waals surface area contributed by atoms with Crippen LogP contribution in [-0.2, 0) is 16.9 Å². The maximum absolute atomic E-state index is 12.8. The molecule has 2 aromatic heterocycles. The molecule has 0 aliphatic heterocycles. The van der Waals surface area contributed by atoms with E-state index in [1.807, 2.05) is 13.8 Å². The molecule has 2 heterocycles. The number of rotatable bonds is 9. The summed E-state index contributed by atoms with van der Waals surface area (Å²) < 4.78 is 33.3. The standard InChI is InChI=1S/C27H37ClN6O3S/c1-16(2)37-24-13-20(19-10-8-7-9-11-19)18(5)12-22(24)31-27-29-14-21(28)25(32-27)30-23-15-34(6)33-26(23)38(35,36)17(3)4/h12-17,19H,7-11H2,1-6H3,(H2,29,30,31,32). The second-order valence-electron chi connectivity index (χ2n) is 10.5. The molecule has 0 radical (unpaired) electrons. The molecule has 1 aliphatic carbocycles. The molecule has 3 aromatic rings. The quantitative estimate of drug-likeness (QED) is 0.298. The number of benzene rings is 1. The average Bonchev–Trinajstić information content (AvgIpc) is 3.23. The van der Waals surface area contributed by atoms with Crippen LogP contribution in [0.1, 0.15) is 76.8 Å². The molecule has 0 saturated heterocycles. The molecule has 2 N–H and O–H groups in total. The molecule has 4 rings (SSSR count). The fraction of sp³-hybridized carbons (Fsp3) is 0.519. The minimum atomic E-state index is -3.63. The van der Waals surface area contributed by atoms with Crippen molar-refractivity contribution in [1.29, 1.82) is 0 Å². The number of hydrogen-bond donors (Lipinski definition) is 2. The second kappa shape index (κ2) is 11.5. The highest BCUT2D eigenvalue weighted by molar-refractivity contribution is 7.92. The van der Waals surface area contributed by atoms with E-state index in [1.54, 1.807) is 27.1 Å². The van der Waals surface area contributed by atoms with E-state index in [0.717, 1.165) is 11.4 Å². The van der Waals surface area contributed by atoms with E-state index in [1.165, 1.54) is 54.1 Å². The molecule has 0 atom stereocenters. The molecular weight excluding hydrogens is 524 g/mol. The van der Waals surface area contributed by atoms with Crippen molar-refractivity contribution in [3.05, 3.63) is 40.7 Å². The fourth-order valence-corrected chi connectivity index (χ4v) is 5.99. The number of anilines is 4. The molecule has 0 bridgehead atoms. The summed E-state index contributed by atoms with van der Waals surface area (Å²) in [6.07, 6.45) is 9.28. The molecule has 11 heteroatoms. The fourth-order valence-electron chi connectivity index (χ4n) is 4.76. The third-order valence-electron chi connectivity index (χ3n) is 6.70. The summed E-state index contributed by atoms with van der Waals surface area (Å²) >= 11 is 6.40. The molecule has 0 amide bonds. The SMILES string of the molecule is Cc1cc(Nc2ncc(Cl)c(Nc3cn(C)nc3S(=O)(=O)C(C)C)n2)c(OC(C)C)cc1C1CCCCC1. The molecule has 1 saturated carbocycles. The first-order chi connectivity index (χ1) is 18.0. The average molecular weight is 561 g/mol. The van der Waals surface area contributed by atoms with Gasteiger partial charge in [0.2, 0.25) is 20.8 Å². The molecule has 38 heavy (non-hydrogen) atoms. The molecule has 0 spiro atoms. The summed E-state index contributed by atoms with van der Waals surface area (Å²) in [5.41, 5.74) is 3.58. The summed E-state index contributed by atoms with van der Waals surface area (Å²) in [6.45, 7) is 9.36. The van der Waals surface area contributed by atoms with Crippen LogP contribution >= 0.6 is 11.6 Å². The number of halogens is 1. The second-order valence-corrected chi connectivity index (χ2v) is 13.3. The maximum atomic E-state index is 12.8. The first kappa shape index (κ1) is 28.2. The Bertz CT molecular complexity index is 1400. The van der Waals surface area contributed by atoms with Crippen LogP contribution in [0.25, 0.3) is 0 Å². The van der Waals surface area contributed by atoms with Gasteiger partial charge in [0.05, 0.1) is 28.9 Å². The predicted molar refractivity (Wildman–Crippen MR) is 152 cm³/mol. The Kier molecular flexibility index (Phi) is 8.52. The van der Waals surface area contributed by atoms with Gasteiger partial charge in [-0.1, -0.05) is 30.9 Å². The van der Waals surface area contributed by atoms with Gasteiger partial charge >= 0.3 is 0 Å². The third-order valence-corrected chi connectivity index (χ3v) is 9.06. The van der Waals surface area contributed by atoms with Gasteiger partial charge in [-0.2, -0.15) is 10.1 Å². The first-order valence-electron chi connectivity index (χ1n) is 13.1. The minimum absolute atomic E-state index is 0.00673. The number of sulfone groups is 1. The van der Waals surface area contributed by atoms with E-state index >= 15 is 0 Å². The van der Waals surface area contributed by atoms with Crippen LogP contribution in [0, 0.1) is 6.92 Å². The molecule has 0 unspecified atom stereocenters. The van der Waals surface area contributed by atoms with E-state index in [0.29, 0.717) is 17.6 Å². The van der Waals surface area contributed by atoms with Crippen LogP contribution < -0.4 is 15.4 Å². The molecule has 9 nitrogen and oxygen atoms in total. The normalized spacial score (nSPS) is 14.8. The monoisotopic (exact) mass is 560 g/mol. The molecule has 1 aliphatic rings. The molecule has 1 aromatic carbocycles. The zero-order valence-electron chi connectivity index (χ0n) is 22.9. The minimum Gasteiger partial charge on any atom is -0.489 e. The van der Waals surface area contributed by atoms with Crippen LogP contribution in [0.4, 0.5) is 23.1 Å². The van der Waals surface area contributed by atoms with Gasteiger partial charge in [-0.15, -0.1) is 0 Å². The lowest BCUT2D eigenvalue weighted by Crippen LogP contribution is -2.16. The van der Waals surface area contributed by atoms with Crippen molar-refractivity contribution in [3.8, 4) is 5.75 Å². The van der Waals surface area contributed by atoms with E-state index < -0.39 is 15.1 Å². The number of aryl methyl sites for hydroxylation is 2. The van der Waals surface area contributed by atoms with Crippen molar-refractivity contribution in [2.75, 3.05) is 10.6 Å². The predicted octanol–water partition coefficient (Wildman–Crippen LogP) is 6.68. The Hall–Kier alpha value is -2.85. The van der Waals surface area contributed by atoms with E-state index in [9.17, 15) is 8.42 Å². The lowest BCUT2D eigenvalue weighted by Gasteiger charge is -2.26. The van der Waals surface area contributed by atoms with Crippen molar-refractivity contribution in [2.45, 2.75) is 89.0 Å². The smallest absolute Gasteiger partial charge is 0.229 e. The topological polar surface area (TPSA) is 111 Å². The number of ether oxygens (including phenoxy) is 1. The van der Waals surface area contributed by atoms with Crippen LogP contribution in [0.5, 0.6) is 5.75 Å². The molecular formula is C27H37ClN6O3S. The number of nitrogens with zero attached hydrogens (tertiary/aromatic N) is 4. The van der Waals surface area contributed by atoms with Crippen LogP contribution in [-0.4, -0.2) is 39.5 Å². The van der Waals surface area contributed by atoms with E-state index in [4.69, 9.17) is 16.3 Å². The third kappa shape index (κ3) is 6.23. The zero-order chi connectivity index (χ0) is 27.6. The molecule has 206 valence electrons. The summed E-state index contributed by atoms with van der Waals surface area (Å²) in [5, 5.41) is 10.1. The number of aromatic nitrogens is 4. The number of nitrogens with one attached hydrogen (secondary N) is 2. The van der Waals surface area contributed by atoms with Crippen LogP contribution in [0.15, 0.2) is 29.6 Å². The maximum Gasteiger partial charge on any atom is 0.229 e. The Morgan fingerprint density at radius 3 is 2.45 bits per heavy atom. The largest absolute Gasteiger partial charge is 0.489 e. The van der Waals surface area contributed by atoms with Gasteiger partial charge in [0.1, 0.15) is 10.8 Å². The Morgan fingerprint density at radius 2 is 1.79 bits per heavy atom. The van der Waals surface area contributed by atoms with Crippen molar-refractivity contribution in [2.24, 2.45) is 7.05 Å². The zero-order valence-corrected chi connectivity index (χ0v) is 24.4. The van der Waals surface area contributed by atoms with E-state index in [2.05, 4.69) is 44.8 Å². The van der Waals surface area contributed by atoms with Crippen LogP contribution in [0.3, 0.4) is 0 Å². The van der Waals surface area contributed by atoms with Gasteiger partial charge in [-0.05, 0) is 76.6 Å². The number of hydrogen-bond acceptors (Lipinski definition) is 8. The van der Waals surface area contributed by atoms with Crippen molar-refractivity contribution < 1.29 is 13.2 Å².